The predicted molar refractivity (Wildman–Crippen MR) is 110 cm³/mol. The standard InChI is InChI=1S/C20H27N3O3S/c1-7-23-12(2)15(17(24)26-6)16(22-19(23)27)13-8-10-14(11-9-13)21-18(25)20(3,4)5/h8-11,16H,7H2,1-6H3,(H,21,25)(H,22,27)/t16-/m1/s1. The van der Waals surface area contributed by atoms with Crippen molar-refractivity contribution in [2.45, 2.75) is 40.7 Å². The van der Waals surface area contributed by atoms with Crippen LogP contribution in [0.25, 0.3) is 0 Å². The van der Waals surface area contributed by atoms with Crippen molar-refractivity contribution in [2.75, 3.05) is 19.0 Å². The number of nitrogens with zero attached hydrogens (tertiary/aromatic N) is 1. The molecule has 0 aliphatic carbocycles. The van der Waals surface area contributed by atoms with Crippen LogP contribution in [-0.2, 0) is 14.3 Å². The quantitative estimate of drug-likeness (QED) is 0.608. The molecule has 0 bridgehead atoms. The Morgan fingerprint density at radius 3 is 2.33 bits per heavy atom. The second kappa shape index (κ2) is 8.08. The van der Waals surface area contributed by atoms with Crippen molar-refractivity contribution in [2.24, 2.45) is 5.41 Å². The van der Waals surface area contributed by atoms with E-state index in [1.807, 2.05) is 63.8 Å². The SMILES string of the molecule is CCN1C(=S)N[C@H](c2ccc(NC(=O)C(C)(C)C)cc2)C(C(=O)OC)=C1C. The average Bonchev–Trinajstić information content (AvgIpc) is 2.61. The molecule has 0 fully saturated rings. The van der Waals surface area contributed by atoms with Gasteiger partial charge in [0.2, 0.25) is 5.91 Å². The van der Waals surface area contributed by atoms with Gasteiger partial charge in [0.1, 0.15) is 0 Å². The average molecular weight is 390 g/mol. The van der Waals surface area contributed by atoms with Gasteiger partial charge in [-0.1, -0.05) is 32.9 Å². The molecular weight excluding hydrogens is 362 g/mol. The molecule has 0 aromatic heterocycles. The largest absolute Gasteiger partial charge is 0.466 e. The van der Waals surface area contributed by atoms with E-state index in [2.05, 4.69) is 10.6 Å². The molecule has 27 heavy (non-hydrogen) atoms. The molecule has 2 rings (SSSR count). The number of amides is 1. The molecule has 1 aliphatic heterocycles. The second-order valence-corrected chi connectivity index (χ2v) is 7.83. The Morgan fingerprint density at radius 1 is 1.26 bits per heavy atom. The maximum Gasteiger partial charge on any atom is 0.337 e. The van der Waals surface area contributed by atoms with Crippen LogP contribution in [-0.4, -0.2) is 35.5 Å². The molecule has 7 heteroatoms. The summed E-state index contributed by atoms with van der Waals surface area (Å²) in [6, 6.07) is 6.98. The highest BCUT2D eigenvalue weighted by Gasteiger charge is 2.34. The number of ether oxygens (including phenoxy) is 1. The fraction of sp³-hybridized carbons (Fsp3) is 0.450. The van der Waals surface area contributed by atoms with E-state index in [-0.39, 0.29) is 5.91 Å². The number of nitrogens with one attached hydrogen (secondary N) is 2. The van der Waals surface area contributed by atoms with Gasteiger partial charge >= 0.3 is 5.97 Å². The normalized spacial score (nSPS) is 17.5. The van der Waals surface area contributed by atoms with E-state index in [1.54, 1.807) is 0 Å². The first-order chi connectivity index (χ1) is 12.6. The third-order valence-electron chi connectivity index (χ3n) is 4.50. The summed E-state index contributed by atoms with van der Waals surface area (Å²) in [4.78, 5) is 26.4. The van der Waals surface area contributed by atoms with Gasteiger partial charge in [-0.15, -0.1) is 0 Å². The first kappa shape index (κ1) is 20.9. The number of allylic oxidation sites excluding steroid dienone is 1. The van der Waals surface area contributed by atoms with Gasteiger partial charge in [0.05, 0.1) is 18.7 Å². The highest BCUT2D eigenvalue weighted by atomic mass is 32.1. The highest BCUT2D eigenvalue weighted by Crippen LogP contribution is 2.32. The number of benzene rings is 1. The smallest absolute Gasteiger partial charge is 0.337 e. The molecule has 0 saturated heterocycles. The maximum atomic E-state index is 12.4. The summed E-state index contributed by atoms with van der Waals surface area (Å²) in [5.41, 5.74) is 2.40. The Kier molecular flexibility index (Phi) is 6.26. The first-order valence-corrected chi connectivity index (χ1v) is 9.29. The minimum absolute atomic E-state index is 0.0585. The molecule has 1 aromatic carbocycles. The molecule has 0 unspecified atom stereocenters. The van der Waals surface area contributed by atoms with Crippen LogP contribution in [0.1, 0.15) is 46.2 Å². The summed E-state index contributed by atoms with van der Waals surface area (Å²) in [6.07, 6.45) is 0. The molecule has 6 nitrogen and oxygen atoms in total. The zero-order valence-corrected chi connectivity index (χ0v) is 17.5. The summed E-state index contributed by atoms with van der Waals surface area (Å²) < 4.78 is 4.99. The van der Waals surface area contributed by atoms with Crippen LogP contribution in [0, 0.1) is 5.41 Å². The van der Waals surface area contributed by atoms with Crippen molar-refractivity contribution in [1.82, 2.24) is 10.2 Å². The first-order valence-electron chi connectivity index (χ1n) is 8.88. The predicted octanol–water partition coefficient (Wildman–Crippen LogP) is 3.37. The van der Waals surface area contributed by atoms with Gasteiger partial charge < -0.3 is 20.3 Å². The Bertz CT molecular complexity index is 779. The molecule has 0 radical (unpaired) electrons. The van der Waals surface area contributed by atoms with Crippen molar-refractivity contribution >= 4 is 34.9 Å². The highest BCUT2D eigenvalue weighted by molar-refractivity contribution is 7.80. The number of hydrogen-bond acceptors (Lipinski definition) is 4. The molecule has 1 heterocycles. The molecule has 146 valence electrons. The maximum absolute atomic E-state index is 12.4. The molecular formula is C20H27N3O3S. The summed E-state index contributed by atoms with van der Waals surface area (Å²) in [5.74, 6) is -0.451. The zero-order valence-electron chi connectivity index (χ0n) is 16.7. The third-order valence-corrected chi connectivity index (χ3v) is 4.84. The van der Waals surface area contributed by atoms with Gasteiger partial charge in [0.15, 0.2) is 5.11 Å². The number of carbonyl (C=O) groups is 2. The van der Waals surface area contributed by atoms with E-state index in [0.717, 1.165) is 11.3 Å². The third kappa shape index (κ3) is 4.47. The number of thiocarbonyl (C=S) groups is 1. The van der Waals surface area contributed by atoms with Gasteiger partial charge in [0.25, 0.3) is 0 Å². The van der Waals surface area contributed by atoms with Crippen molar-refractivity contribution in [1.29, 1.82) is 0 Å². The Hall–Kier alpha value is -2.41. The molecule has 1 amide bonds. The van der Waals surface area contributed by atoms with Crippen LogP contribution in [0.4, 0.5) is 5.69 Å². The van der Waals surface area contributed by atoms with Crippen LogP contribution in [0.2, 0.25) is 0 Å². The second-order valence-electron chi connectivity index (χ2n) is 7.44. The van der Waals surface area contributed by atoms with Gasteiger partial charge in [-0.25, -0.2) is 4.79 Å². The van der Waals surface area contributed by atoms with Crippen molar-refractivity contribution in [3.05, 3.63) is 41.1 Å². The summed E-state index contributed by atoms with van der Waals surface area (Å²) in [6.45, 7) is 10.1. The minimum Gasteiger partial charge on any atom is -0.466 e. The van der Waals surface area contributed by atoms with Crippen LogP contribution in [0.15, 0.2) is 35.5 Å². The van der Waals surface area contributed by atoms with E-state index in [4.69, 9.17) is 17.0 Å². The van der Waals surface area contributed by atoms with Crippen molar-refractivity contribution < 1.29 is 14.3 Å². The number of anilines is 1. The summed E-state index contributed by atoms with van der Waals surface area (Å²) in [5, 5.41) is 6.69. The van der Waals surface area contributed by atoms with Gasteiger partial charge in [-0.05, 0) is 43.8 Å². The lowest BCUT2D eigenvalue weighted by Crippen LogP contribution is -2.47. The minimum atomic E-state index is -0.475. The molecule has 2 N–H and O–H groups in total. The van der Waals surface area contributed by atoms with E-state index < -0.39 is 17.4 Å². The molecule has 1 aliphatic rings. The van der Waals surface area contributed by atoms with Gasteiger partial charge in [0, 0.05) is 23.3 Å². The van der Waals surface area contributed by atoms with Crippen LogP contribution in [0.3, 0.4) is 0 Å². The van der Waals surface area contributed by atoms with Crippen LogP contribution < -0.4 is 10.6 Å². The zero-order chi connectivity index (χ0) is 20.4. The molecule has 1 atom stereocenters. The molecule has 0 saturated carbocycles. The van der Waals surface area contributed by atoms with Crippen molar-refractivity contribution in [3.8, 4) is 0 Å². The van der Waals surface area contributed by atoms with E-state index >= 15 is 0 Å². The van der Waals surface area contributed by atoms with Gasteiger partial charge in [-0.3, -0.25) is 4.79 Å². The Morgan fingerprint density at radius 2 is 1.85 bits per heavy atom. The van der Waals surface area contributed by atoms with Crippen LogP contribution >= 0.6 is 12.2 Å². The lowest BCUT2D eigenvalue weighted by molar-refractivity contribution is -0.136. The van der Waals surface area contributed by atoms with Crippen molar-refractivity contribution in [3.63, 3.8) is 0 Å². The fourth-order valence-electron chi connectivity index (χ4n) is 2.86. The van der Waals surface area contributed by atoms with E-state index in [9.17, 15) is 9.59 Å². The molecule has 1 aromatic rings. The Labute approximate surface area is 166 Å². The monoisotopic (exact) mass is 389 g/mol. The number of methoxy groups -OCH3 is 1. The number of hydrogen-bond donors (Lipinski definition) is 2. The fourth-order valence-corrected chi connectivity index (χ4v) is 3.25. The lowest BCUT2D eigenvalue weighted by Gasteiger charge is -2.36. The van der Waals surface area contributed by atoms with Gasteiger partial charge in [-0.2, -0.15) is 0 Å². The number of rotatable bonds is 4. The number of esters is 1. The van der Waals surface area contributed by atoms with E-state index in [1.165, 1.54) is 7.11 Å². The summed E-state index contributed by atoms with van der Waals surface area (Å²) in [7, 11) is 1.37. The molecule has 0 spiro atoms. The topological polar surface area (TPSA) is 70.7 Å². The van der Waals surface area contributed by atoms with E-state index in [0.29, 0.717) is 22.9 Å². The summed E-state index contributed by atoms with van der Waals surface area (Å²) >= 11 is 5.45. The van der Waals surface area contributed by atoms with Crippen LogP contribution in [0.5, 0.6) is 0 Å². The lowest BCUT2D eigenvalue weighted by atomic mass is 9.94. The number of carbonyl (C=O) groups excluding carboxylic acids is 2. The Balaban J connectivity index is 2.35.